The van der Waals surface area contributed by atoms with Crippen molar-refractivity contribution in [2.45, 2.75) is 64.1 Å². The average molecular weight is 824 g/mol. The summed E-state index contributed by atoms with van der Waals surface area (Å²) < 4.78 is 18.8. The van der Waals surface area contributed by atoms with Gasteiger partial charge in [0.25, 0.3) is 0 Å². The number of carbonyl (C=O) groups excluding carboxylic acids is 3. The third kappa shape index (κ3) is 8.55. The third-order valence-corrected chi connectivity index (χ3v) is 13.4. The second-order valence-corrected chi connectivity index (χ2v) is 17.9. The molecular formula is C44H53N7O5S2. The zero-order valence-corrected chi connectivity index (χ0v) is 35.5. The number of nitrogens with one attached hydrogen (secondary N) is 4. The molecule has 3 amide bonds. The predicted molar refractivity (Wildman–Crippen MR) is 235 cm³/mol. The van der Waals surface area contributed by atoms with E-state index < -0.39 is 16.9 Å². The van der Waals surface area contributed by atoms with Gasteiger partial charge in [-0.15, -0.1) is 11.3 Å². The molecule has 1 unspecified atom stereocenters. The number of imidazole rings is 1. The quantitative estimate of drug-likeness (QED) is 0.0827. The maximum atomic E-state index is 13.9. The highest BCUT2D eigenvalue weighted by atomic mass is 32.2. The summed E-state index contributed by atoms with van der Waals surface area (Å²) in [7, 11) is 2.12. The lowest BCUT2D eigenvalue weighted by Gasteiger charge is -2.36. The first-order valence-electron chi connectivity index (χ1n) is 20.0. The van der Waals surface area contributed by atoms with E-state index in [1.807, 2.05) is 27.0 Å². The monoisotopic (exact) mass is 823 g/mol. The van der Waals surface area contributed by atoms with E-state index in [0.29, 0.717) is 36.9 Å². The Morgan fingerprint density at radius 1 is 1.10 bits per heavy atom. The van der Waals surface area contributed by atoms with E-state index in [2.05, 4.69) is 91.7 Å². The number of ether oxygens (including phenoxy) is 1. The van der Waals surface area contributed by atoms with Gasteiger partial charge in [-0.1, -0.05) is 49.9 Å². The number of likely N-dealkylation sites (tertiary alicyclic amines) is 1. The molecule has 2 aliphatic rings. The van der Waals surface area contributed by atoms with Crippen LogP contribution < -0.4 is 16.0 Å². The Hall–Kier alpha value is -5.05. The molecule has 2 fully saturated rings. The van der Waals surface area contributed by atoms with E-state index >= 15 is 0 Å². The number of hydrogen-bond donors (Lipinski definition) is 4. The number of nitrogens with zero attached hydrogens (tertiary/aromatic N) is 3. The van der Waals surface area contributed by atoms with E-state index in [1.54, 1.807) is 22.5 Å². The molecule has 1 saturated carbocycles. The number of methoxy groups -OCH3 is 1. The number of thiophene rings is 1. The fraction of sp³-hybridized carbons (Fsp3) is 0.409. The zero-order chi connectivity index (χ0) is 41.1. The van der Waals surface area contributed by atoms with Gasteiger partial charge in [-0.05, 0) is 92.9 Å². The van der Waals surface area contributed by atoms with Crippen molar-refractivity contribution in [1.29, 1.82) is 0 Å². The maximum absolute atomic E-state index is 13.9. The number of aromatic amines is 1. The number of aromatic nitrogens is 2. The summed E-state index contributed by atoms with van der Waals surface area (Å²) >= 11 is 1.75. The molecule has 0 spiro atoms. The molecule has 2 aromatic heterocycles. The van der Waals surface area contributed by atoms with Crippen molar-refractivity contribution in [2.75, 3.05) is 45.8 Å². The average Bonchev–Trinajstić information content (AvgIpc) is 4.03. The molecular weight excluding hydrogens is 771 g/mol. The van der Waals surface area contributed by atoms with Gasteiger partial charge in [0, 0.05) is 67.0 Å². The Morgan fingerprint density at radius 3 is 2.57 bits per heavy atom. The predicted octanol–water partition coefficient (Wildman–Crippen LogP) is 7.07. The molecule has 3 heterocycles. The summed E-state index contributed by atoms with van der Waals surface area (Å²) in [5, 5.41) is 11.5. The Kier molecular flexibility index (Phi) is 12.6. The number of H-pyrrole nitrogens is 1. The number of benzene rings is 3. The summed E-state index contributed by atoms with van der Waals surface area (Å²) in [6.45, 7) is 8.87. The molecule has 12 nitrogen and oxygen atoms in total. The van der Waals surface area contributed by atoms with Gasteiger partial charge in [-0.2, -0.15) is 0 Å². The summed E-state index contributed by atoms with van der Waals surface area (Å²) in [6, 6.07) is 19.2. The molecule has 3 aromatic carbocycles. The van der Waals surface area contributed by atoms with Gasteiger partial charge < -0.3 is 35.5 Å². The van der Waals surface area contributed by atoms with Crippen molar-refractivity contribution in [1.82, 2.24) is 35.7 Å². The first-order valence-corrected chi connectivity index (χ1v) is 22.5. The van der Waals surface area contributed by atoms with E-state index in [1.165, 1.54) is 22.6 Å². The second-order valence-electron chi connectivity index (χ2n) is 15.3. The molecule has 1 aliphatic heterocycles. The molecule has 7 rings (SSSR count). The molecule has 5 atom stereocenters. The van der Waals surface area contributed by atoms with Crippen LogP contribution in [0.2, 0.25) is 0 Å². The highest BCUT2D eigenvalue weighted by molar-refractivity contribution is 7.84. The van der Waals surface area contributed by atoms with Crippen LogP contribution in [0.4, 0.5) is 4.79 Å². The van der Waals surface area contributed by atoms with Gasteiger partial charge in [-0.3, -0.25) is 13.8 Å². The minimum Gasteiger partial charge on any atom is -0.453 e. The van der Waals surface area contributed by atoms with Gasteiger partial charge in [0.05, 0.1) is 36.8 Å². The number of alkyl carbamates (subject to hydrolysis) is 1. The highest BCUT2D eigenvalue weighted by Crippen LogP contribution is 2.50. The van der Waals surface area contributed by atoms with Crippen LogP contribution in [0.1, 0.15) is 63.4 Å². The number of likely N-dealkylation sites (N-methyl/N-ethyl adjacent to an activating group) is 1. The van der Waals surface area contributed by atoms with E-state index in [-0.39, 0.29) is 36.5 Å². The van der Waals surface area contributed by atoms with Crippen molar-refractivity contribution in [3.63, 3.8) is 0 Å². The van der Waals surface area contributed by atoms with Crippen molar-refractivity contribution < 1.29 is 23.3 Å². The number of piperidine rings is 1. The van der Waals surface area contributed by atoms with Crippen LogP contribution in [-0.4, -0.2) is 99.8 Å². The van der Waals surface area contributed by atoms with Crippen LogP contribution in [0.25, 0.3) is 48.0 Å². The summed E-state index contributed by atoms with van der Waals surface area (Å²) in [5.74, 6) is 1.57. The molecule has 14 heteroatoms. The number of fused-ring (bicyclic) bond motifs is 6. The molecule has 1 aliphatic carbocycles. The van der Waals surface area contributed by atoms with Crippen LogP contribution in [0.15, 0.2) is 72.9 Å². The third-order valence-electron chi connectivity index (χ3n) is 11.5. The zero-order valence-electron chi connectivity index (χ0n) is 33.9. The Balaban J connectivity index is 1.08. The topological polar surface area (TPSA) is 149 Å². The van der Waals surface area contributed by atoms with Crippen LogP contribution in [0.3, 0.4) is 0 Å². The number of rotatable bonds is 16. The largest absolute Gasteiger partial charge is 0.453 e. The lowest BCUT2D eigenvalue weighted by molar-refractivity contribution is -0.138. The number of carbonyl (C=O) groups is 3. The molecule has 1 saturated heterocycles. The molecule has 0 radical (unpaired) electrons. The van der Waals surface area contributed by atoms with Crippen LogP contribution in [0.5, 0.6) is 0 Å². The lowest BCUT2D eigenvalue weighted by atomic mass is 9.97. The van der Waals surface area contributed by atoms with Gasteiger partial charge >= 0.3 is 6.09 Å². The normalized spacial score (nSPS) is 18.8. The minimum atomic E-state index is -0.959. The molecule has 306 valence electrons. The summed E-state index contributed by atoms with van der Waals surface area (Å²) in [4.78, 5) is 50.6. The summed E-state index contributed by atoms with van der Waals surface area (Å²) in [6.07, 6.45) is 7.44. The first-order chi connectivity index (χ1) is 28.0. The SMILES string of the molecule is C=C(CN(CCC)C(=O)CNC(=O)OC)N/C(=C\C)c1ccc2c(c1)sc1cc(-c3ccc4nc([C@@H]5[C@H]6CC[C@H](C6)N5C(=O)[C@H](CCS(C)=O)NC)[nH]c4c3)ccc12. The Bertz CT molecular complexity index is 2420. The van der Waals surface area contributed by atoms with E-state index in [9.17, 15) is 18.6 Å². The van der Waals surface area contributed by atoms with Crippen molar-refractivity contribution in [3.05, 3.63) is 84.3 Å². The van der Waals surface area contributed by atoms with Crippen LogP contribution >= 0.6 is 11.3 Å². The Labute approximate surface area is 345 Å². The van der Waals surface area contributed by atoms with Gasteiger partial charge in [0.15, 0.2) is 0 Å². The van der Waals surface area contributed by atoms with Gasteiger partial charge in [0.2, 0.25) is 11.8 Å². The molecule has 5 aromatic rings. The smallest absolute Gasteiger partial charge is 0.407 e. The fourth-order valence-electron chi connectivity index (χ4n) is 8.65. The minimum absolute atomic E-state index is 0.0774. The standard InChI is InChI=1S/C44H53N7O5S2/c1-7-18-50(40(52)24-46-44(54)56-5)25-26(3)47-34(8-2)29-11-15-33-32-14-10-28(22-38(32)57-39(33)23-29)27-12-16-35-37(21-27)49-42(48-35)41-30-9-13-31(20-30)51(41)43(53)36(45-4)17-19-58(6)55/h8,10-12,14-16,21-23,30-31,36,41,45,47H,3,7,9,13,17-20,24-25H2,1-2,4-6H3,(H,46,54)(H,48,49)/b34-8-/t30-,31+,36-,41-,58?/m0/s1. The lowest BCUT2D eigenvalue weighted by Crippen LogP contribution is -2.50. The van der Waals surface area contributed by atoms with Crippen molar-refractivity contribution in [3.8, 4) is 11.1 Å². The molecule has 58 heavy (non-hydrogen) atoms. The number of hydrogen-bond acceptors (Lipinski definition) is 9. The van der Waals surface area contributed by atoms with Gasteiger partial charge in [-0.25, -0.2) is 9.78 Å². The fourth-order valence-corrected chi connectivity index (χ4v) is 10.4. The number of amides is 3. The second kappa shape index (κ2) is 17.8. The van der Waals surface area contributed by atoms with E-state index in [4.69, 9.17) is 4.98 Å². The molecule has 4 N–H and O–H groups in total. The Morgan fingerprint density at radius 2 is 1.84 bits per heavy atom. The van der Waals surface area contributed by atoms with Gasteiger partial charge in [0.1, 0.15) is 12.4 Å². The van der Waals surface area contributed by atoms with Crippen molar-refractivity contribution >= 4 is 76.9 Å². The summed E-state index contributed by atoms with van der Waals surface area (Å²) in [5.41, 5.74) is 6.60. The van der Waals surface area contributed by atoms with Crippen LogP contribution in [0, 0.1) is 5.92 Å². The molecule has 2 bridgehead atoms. The van der Waals surface area contributed by atoms with E-state index in [0.717, 1.165) is 69.6 Å². The highest BCUT2D eigenvalue weighted by Gasteiger charge is 2.50. The first kappa shape index (κ1) is 41.1. The maximum Gasteiger partial charge on any atom is 0.407 e. The van der Waals surface area contributed by atoms with Crippen LogP contribution in [-0.2, 0) is 25.1 Å². The number of allylic oxidation sites excluding steroid dienone is 1. The van der Waals surface area contributed by atoms with Crippen molar-refractivity contribution in [2.24, 2.45) is 5.92 Å².